The van der Waals surface area contributed by atoms with Gasteiger partial charge in [0.15, 0.2) is 5.54 Å². The van der Waals surface area contributed by atoms with E-state index in [1.165, 1.54) is 4.90 Å². The molecule has 4 rings (SSSR count). The first kappa shape index (κ1) is 23.0. The molecule has 34 heavy (non-hydrogen) atoms. The van der Waals surface area contributed by atoms with Crippen LogP contribution in [0.4, 0.5) is 0 Å². The highest BCUT2D eigenvalue weighted by Gasteiger charge is 2.45. The number of amides is 1. The van der Waals surface area contributed by atoms with E-state index in [-0.39, 0.29) is 12.3 Å². The molecule has 3 aromatic rings. The fourth-order valence-electron chi connectivity index (χ4n) is 4.21. The van der Waals surface area contributed by atoms with Crippen molar-refractivity contribution in [3.05, 3.63) is 113 Å². The zero-order valence-electron chi connectivity index (χ0n) is 19.5. The van der Waals surface area contributed by atoms with Crippen molar-refractivity contribution in [3.8, 4) is 6.07 Å². The normalized spacial score (nSPS) is 16.9. The molecule has 3 aromatic carbocycles. The van der Waals surface area contributed by atoms with Crippen LogP contribution in [-0.2, 0) is 16.7 Å². The van der Waals surface area contributed by atoms with Crippen molar-refractivity contribution in [2.75, 3.05) is 0 Å². The SMILES string of the molecule is CC(C)(C)OC(=O)c1ccccc1CC1(C#N)c2ccccc2C=CN1C(=O)c1ccccc1. The molecule has 1 atom stereocenters. The van der Waals surface area contributed by atoms with Gasteiger partial charge in [0, 0.05) is 18.2 Å². The van der Waals surface area contributed by atoms with E-state index in [1.54, 1.807) is 42.6 Å². The summed E-state index contributed by atoms with van der Waals surface area (Å²) < 4.78 is 5.62. The van der Waals surface area contributed by atoms with Crippen molar-refractivity contribution < 1.29 is 14.3 Å². The standard InChI is InChI=1S/C29H26N2O3/c1-28(2,3)34-27(33)24-15-9-7-14-23(24)19-29(20-30)25-16-10-8-11-21(25)17-18-31(29)26(32)22-12-5-4-6-13-22/h4-18H,19H2,1-3H3. The van der Waals surface area contributed by atoms with Crippen molar-refractivity contribution in [1.29, 1.82) is 5.26 Å². The monoisotopic (exact) mass is 450 g/mol. The average Bonchev–Trinajstić information content (AvgIpc) is 2.83. The second-order valence-electron chi connectivity index (χ2n) is 9.25. The fraction of sp³-hybridized carbons (Fsp3) is 0.207. The summed E-state index contributed by atoms with van der Waals surface area (Å²) in [5.41, 5.74) is 1.05. The zero-order valence-corrected chi connectivity index (χ0v) is 19.5. The molecule has 1 heterocycles. The van der Waals surface area contributed by atoms with Crippen molar-refractivity contribution in [2.45, 2.75) is 38.3 Å². The Morgan fingerprint density at radius 2 is 1.59 bits per heavy atom. The summed E-state index contributed by atoms with van der Waals surface area (Å²) in [6, 6.07) is 26.0. The molecule has 5 nitrogen and oxygen atoms in total. The van der Waals surface area contributed by atoms with Gasteiger partial charge in [0.05, 0.1) is 11.6 Å². The van der Waals surface area contributed by atoms with Crippen molar-refractivity contribution in [3.63, 3.8) is 0 Å². The van der Waals surface area contributed by atoms with E-state index in [1.807, 2.05) is 69.3 Å². The number of carbonyl (C=O) groups excluding carboxylic acids is 2. The first-order chi connectivity index (χ1) is 16.2. The summed E-state index contributed by atoms with van der Waals surface area (Å²) in [6.07, 6.45) is 3.63. The summed E-state index contributed by atoms with van der Waals surface area (Å²) in [4.78, 5) is 28.1. The molecule has 1 aliphatic rings. The van der Waals surface area contributed by atoms with E-state index in [4.69, 9.17) is 4.74 Å². The molecule has 1 amide bonds. The summed E-state index contributed by atoms with van der Waals surface area (Å²) in [5.74, 6) is -0.751. The smallest absolute Gasteiger partial charge is 0.338 e. The minimum absolute atomic E-state index is 0.124. The Morgan fingerprint density at radius 1 is 0.941 bits per heavy atom. The molecule has 5 heteroatoms. The fourth-order valence-corrected chi connectivity index (χ4v) is 4.21. The van der Waals surface area contributed by atoms with Gasteiger partial charge < -0.3 is 4.74 Å². The number of rotatable bonds is 4. The Balaban J connectivity index is 1.85. The van der Waals surface area contributed by atoms with Gasteiger partial charge in [-0.15, -0.1) is 0 Å². The van der Waals surface area contributed by atoms with Crippen LogP contribution >= 0.6 is 0 Å². The molecule has 0 saturated heterocycles. The van der Waals surface area contributed by atoms with Crippen LogP contribution in [0.15, 0.2) is 85.1 Å². The Labute approximate surface area is 199 Å². The first-order valence-corrected chi connectivity index (χ1v) is 11.1. The molecule has 0 radical (unpaired) electrons. The lowest BCUT2D eigenvalue weighted by molar-refractivity contribution is 0.00679. The number of esters is 1. The zero-order chi connectivity index (χ0) is 24.3. The molecule has 1 aliphatic heterocycles. The number of ether oxygens (including phenoxy) is 1. The van der Waals surface area contributed by atoms with Gasteiger partial charge in [0.1, 0.15) is 5.60 Å². The first-order valence-electron chi connectivity index (χ1n) is 11.1. The van der Waals surface area contributed by atoms with Crippen LogP contribution < -0.4 is 0 Å². The van der Waals surface area contributed by atoms with Crippen LogP contribution in [-0.4, -0.2) is 22.4 Å². The van der Waals surface area contributed by atoms with Gasteiger partial charge in [-0.2, -0.15) is 5.26 Å². The molecule has 0 bridgehead atoms. The summed E-state index contributed by atoms with van der Waals surface area (Å²) in [6.45, 7) is 5.44. The predicted molar refractivity (Wildman–Crippen MR) is 131 cm³/mol. The van der Waals surface area contributed by atoms with Crippen molar-refractivity contribution in [2.24, 2.45) is 0 Å². The molecule has 1 unspecified atom stereocenters. The van der Waals surface area contributed by atoms with E-state index in [0.717, 1.165) is 5.56 Å². The summed E-state index contributed by atoms with van der Waals surface area (Å²) in [5, 5.41) is 10.6. The Hall–Kier alpha value is -4.17. The highest BCUT2D eigenvalue weighted by molar-refractivity contribution is 5.97. The maximum absolute atomic E-state index is 13.6. The molecule has 0 aromatic heterocycles. The van der Waals surface area contributed by atoms with Crippen molar-refractivity contribution >= 4 is 18.0 Å². The van der Waals surface area contributed by atoms with Gasteiger partial charge in [-0.1, -0.05) is 60.7 Å². The highest BCUT2D eigenvalue weighted by Crippen LogP contribution is 2.40. The van der Waals surface area contributed by atoms with Gasteiger partial charge in [-0.05, 0) is 61.7 Å². The molecular weight excluding hydrogens is 424 g/mol. The maximum atomic E-state index is 13.6. The van der Waals surface area contributed by atoms with Crippen LogP contribution in [0.1, 0.15) is 58.2 Å². The van der Waals surface area contributed by atoms with E-state index in [9.17, 15) is 14.9 Å². The highest BCUT2D eigenvalue weighted by atomic mass is 16.6. The Bertz CT molecular complexity index is 1300. The third-order valence-corrected chi connectivity index (χ3v) is 5.73. The molecule has 0 spiro atoms. The number of benzene rings is 3. The maximum Gasteiger partial charge on any atom is 0.338 e. The molecule has 0 fully saturated rings. The van der Waals surface area contributed by atoms with Crippen LogP contribution in [0.2, 0.25) is 0 Å². The number of hydrogen-bond donors (Lipinski definition) is 0. The summed E-state index contributed by atoms with van der Waals surface area (Å²) >= 11 is 0. The van der Waals surface area contributed by atoms with Gasteiger partial charge in [-0.3, -0.25) is 9.69 Å². The molecule has 0 N–H and O–H groups in total. The third-order valence-electron chi connectivity index (χ3n) is 5.73. The second kappa shape index (κ2) is 8.99. The molecule has 0 saturated carbocycles. The lowest BCUT2D eigenvalue weighted by atomic mass is 9.78. The van der Waals surface area contributed by atoms with Gasteiger partial charge >= 0.3 is 5.97 Å². The Morgan fingerprint density at radius 3 is 2.29 bits per heavy atom. The van der Waals surface area contributed by atoms with E-state index >= 15 is 0 Å². The van der Waals surface area contributed by atoms with E-state index in [0.29, 0.717) is 22.3 Å². The van der Waals surface area contributed by atoms with Gasteiger partial charge in [0.25, 0.3) is 5.91 Å². The van der Waals surface area contributed by atoms with E-state index < -0.39 is 17.1 Å². The molecular formula is C29H26N2O3. The van der Waals surface area contributed by atoms with Crippen LogP contribution in [0.25, 0.3) is 6.08 Å². The minimum atomic E-state index is -1.35. The topological polar surface area (TPSA) is 70.4 Å². The lowest BCUT2D eigenvalue weighted by Crippen LogP contribution is -2.49. The summed E-state index contributed by atoms with van der Waals surface area (Å²) in [7, 11) is 0. The number of hydrogen-bond acceptors (Lipinski definition) is 4. The predicted octanol–water partition coefficient (Wildman–Crippen LogP) is 5.73. The average molecular weight is 451 g/mol. The van der Waals surface area contributed by atoms with Crippen LogP contribution in [0.3, 0.4) is 0 Å². The lowest BCUT2D eigenvalue weighted by Gasteiger charge is -2.41. The van der Waals surface area contributed by atoms with Crippen LogP contribution in [0, 0.1) is 11.3 Å². The second-order valence-corrected chi connectivity index (χ2v) is 9.25. The minimum Gasteiger partial charge on any atom is -0.456 e. The number of nitrogens with zero attached hydrogens (tertiary/aromatic N) is 2. The number of nitriles is 1. The Kier molecular flexibility index (Phi) is 6.08. The van der Waals surface area contributed by atoms with E-state index in [2.05, 4.69) is 6.07 Å². The quantitative estimate of drug-likeness (QED) is 0.476. The van der Waals surface area contributed by atoms with Gasteiger partial charge in [-0.25, -0.2) is 4.79 Å². The largest absolute Gasteiger partial charge is 0.456 e. The van der Waals surface area contributed by atoms with Crippen LogP contribution in [0.5, 0.6) is 0 Å². The number of carbonyl (C=O) groups is 2. The molecule has 170 valence electrons. The number of fused-ring (bicyclic) bond motifs is 1. The third kappa shape index (κ3) is 4.35. The molecule has 0 aliphatic carbocycles. The van der Waals surface area contributed by atoms with Crippen molar-refractivity contribution in [1.82, 2.24) is 4.90 Å². The van der Waals surface area contributed by atoms with Gasteiger partial charge in [0.2, 0.25) is 0 Å².